The summed E-state index contributed by atoms with van der Waals surface area (Å²) in [6, 6.07) is 11.0. The first-order chi connectivity index (χ1) is 11.5. The van der Waals surface area contributed by atoms with Crippen molar-refractivity contribution in [2.75, 3.05) is 11.9 Å². The molecule has 5 nitrogen and oxygen atoms in total. The highest BCUT2D eigenvalue weighted by molar-refractivity contribution is 6.24. The lowest BCUT2D eigenvalue weighted by Gasteiger charge is -2.09. The summed E-state index contributed by atoms with van der Waals surface area (Å²) in [5.41, 5.74) is 2.79. The topological polar surface area (TPSA) is 68.3 Å². The molecule has 24 heavy (non-hydrogen) atoms. The number of esters is 1. The van der Waals surface area contributed by atoms with Crippen LogP contribution in [-0.2, 0) is 9.53 Å². The Labute approximate surface area is 141 Å². The number of hydrogen-bond donors (Lipinski definition) is 1. The minimum Gasteiger partial charge on any atom is -0.462 e. The van der Waals surface area contributed by atoms with Crippen molar-refractivity contribution in [2.45, 2.75) is 20.8 Å². The van der Waals surface area contributed by atoms with Crippen molar-refractivity contribution in [2.24, 2.45) is 0 Å². The van der Waals surface area contributed by atoms with Gasteiger partial charge >= 0.3 is 5.97 Å². The van der Waals surface area contributed by atoms with Gasteiger partial charge in [0.05, 0.1) is 6.61 Å². The molecule has 0 unspecified atom stereocenters. The molecule has 0 aliphatic carbocycles. The molecule has 0 atom stereocenters. The van der Waals surface area contributed by atoms with Crippen molar-refractivity contribution in [3.05, 3.63) is 71.2 Å². The predicted octanol–water partition coefficient (Wildman–Crippen LogP) is 3.44. The molecule has 0 fully saturated rings. The van der Waals surface area contributed by atoms with E-state index in [0.29, 0.717) is 5.56 Å². The molecule has 0 bridgehead atoms. The molecule has 0 radical (unpaired) electrons. The number of nitrogens with one attached hydrogen (secondary N) is 1. The number of rotatable bonds is 6. The second-order valence-electron chi connectivity index (χ2n) is 5.24. The molecule has 0 spiro atoms. The molecule has 2 rings (SSSR count). The van der Waals surface area contributed by atoms with Gasteiger partial charge in [0.2, 0.25) is 5.78 Å². The average molecular weight is 324 g/mol. The van der Waals surface area contributed by atoms with E-state index in [0.717, 1.165) is 16.9 Å². The number of nitrogens with zero attached hydrogens (tertiary/aromatic N) is 1. The fourth-order valence-electron chi connectivity index (χ4n) is 2.04. The molecule has 0 saturated carbocycles. The van der Waals surface area contributed by atoms with Crippen molar-refractivity contribution in [3.8, 4) is 0 Å². The Balaban J connectivity index is 2.32. The van der Waals surface area contributed by atoms with Crippen molar-refractivity contribution in [3.63, 3.8) is 0 Å². The van der Waals surface area contributed by atoms with Gasteiger partial charge in [-0.05, 0) is 44.5 Å². The number of para-hydroxylation sites is 1. The highest BCUT2D eigenvalue weighted by atomic mass is 16.5. The summed E-state index contributed by atoms with van der Waals surface area (Å²) in [6.07, 6.45) is 2.85. The second kappa shape index (κ2) is 8.06. The van der Waals surface area contributed by atoms with E-state index in [-0.39, 0.29) is 12.2 Å². The second-order valence-corrected chi connectivity index (χ2v) is 5.24. The number of carbonyl (C=O) groups is 2. The SMILES string of the molecule is CCOC(=O)/C(=C\Nc1ccccc1)C(=O)c1cnc(C)c(C)c1. The zero-order valence-electron chi connectivity index (χ0n) is 14.0. The monoisotopic (exact) mass is 324 g/mol. The van der Waals surface area contributed by atoms with Crippen LogP contribution in [0.15, 0.2) is 54.4 Å². The quantitative estimate of drug-likeness (QED) is 0.290. The van der Waals surface area contributed by atoms with E-state index in [2.05, 4.69) is 10.3 Å². The van der Waals surface area contributed by atoms with Crippen molar-refractivity contribution < 1.29 is 14.3 Å². The summed E-state index contributed by atoms with van der Waals surface area (Å²) in [5.74, 6) is -1.09. The molecule has 124 valence electrons. The number of anilines is 1. The lowest BCUT2D eigenvalue weighted by molar-refractivity contribution is -0.138. The number of benzene rings is 1. The highest BCUT2D eigenvalue weighted by Gasteiger charge is 2.22. The Kier molecular flexibility index (Phi) is 5.84. The first-order valence-electron chi connectivity index (χ1n) is 7.69. The Morgan fingerprint density at radius 3 is 2.54 bits per heavy atom. The van der Waals surface area contributed by atoms with Crippen LogP contribution in [-0.4, -0.2) is 23.3 Å². The number of aromatic nitrogens is 1. The number of hydrogen-bond acceptors (Lipinski definition) is 5. The Hall–Kier alpha value is -2.95. The largest absolute Gasteiger partial charge is 0.462 e. The van der Waals surface area contributed by atoms with Gasteiger partial charge in [0.25, 0.3) is 0 Å². The number of Topliss-reactive ketones (excluding diaryl/α,β-unsaturated/α-hetero) is 1. The van der Waals surface area contributed by atoms with Crippen molar-refractivity contribution in [1.29, 1.82) is 0 Å². The lowest BCUT2D eigenvalue weighted by Crippen LogP contribution is -2.18. The van der Waals surface area contributed by atoms with Crippen LogP contribution < -0.4 is 5.32 Å². The Bertz CT molecular complexity index is 767. The third-order valence-electron chi connectivity index (χ3n) is 3.50. The van der Waals surface area contributed by atoms with Gasteiger partial charge in [-0.25, -0.2) is 4.79 Å². The number of ether oxygens (including phenoxy) is 1. The summed E-state index contributed by atoms with van der Waals surface area (Å²) >= 11 is 0. The summed E-state index contributed by atoms with van der Waals surface area (Å²) < 4.78 is 5.00. The zero-order valence-corrected chi connectivity index (χ0v) is 14.0. The summed E-state index contributed by atoms with van der Waals surface area (Å²) in [5, 5.41) is 2.96. The molecular formula is C19H20N2O3. The lowest BCUT2D eigenvalue weighted by atomic mass is 10.0. The van der Waals surface area contributed by atoms with Crippen LogP contribution >= 0.6 is 0 Å². The molecule has 0 amide bonds. The van der Waals surface area contributed by atoms with E-state index in [1.165, 1.54) is 12.4 Å². The van der Waals surface area contributed by atoms with Crippen LogP contribution in [0.2, 0.25) is 0 Å². The summed E-state index contributed by atoms with van der Waals surface area (Å²) in [4.78, 5) is 29.0. The van der Waals surface area contributed by atoms with Crippen LogP contribution in [0.5, 0.6) is 0 Å². The molecular weight excluding hydrogens is 304 g/mol. The number of pyridine rings is 1. The fourth-order valence-corrected chi connectivity index (χ4v) is 2.04. The van der Waals surface area contributed by atoms with E-state index in [4.69, 9.17) is 4.74 Å². The first-order valence-corrected chi connectivity index (χ1v) is 7.69. The maximum absolute atomic E-state index is 12.7. The van der Waals surface area contributed by atoms with Gasteiger partial charge in [0.1, 0.15) is 5.57 Å². The third-order valence-corrected chi connectivity index (χ3v) is 3.50. The van der Waals surface area contributed by atoms with Crippen LogP contribution in [0.1, 0.15) is 28.5 Å². The third kappa shape index (κ3) is 4.29. The number of ketones is 1. The van der Waals surface area contributed by atoms with Crippen molar-refractivity contribution in [1.82, 2.24) is 4.98 Å². The van der Waals surface area contributed by atoms with E-state index >= 15 is 0 Å². The van der Waals surface area contributed by atoms with E-state index in [9.17, 15) is 9.59 Å². The van der Waals surface area contributed by atoms with Crippen LogP contribution in [0.3, 0.4) is 0 Å². The minimum atomic E-state index is -0.663. The normalized spacial score (nSPS) is 11.0. The molecule has 0 aliphatic rings. The van der Waals surface area contributed by atoms with E-state index < -0.39 is 11.8 Å². The molecule has 1 heterocycles. The minimum absolute atomic E-state index is 0.0641. The highest BCUT2D eigenvalue weighted by Crippen LogP contribution is 2.14. The summed E-state index contributed by atoms with van der Waals surface area (Å²) in [6.45, 7) is 5.62. The first kappa shape index (κ1) is 17.4. The van der Waals surface area contributed by atoms with Crippen molar-refractivity contribution >= 4 is 17.4 Å². The molecule has 5 heteroatoms. The maximum Gasteiger partial charge on any atom is 0.343 e. The standard InChI is InChI=1S/C19H20N2O3/c1-4-24-19(23)17(12-21-16-8-6-5-7-9-16)18(22)15-10-13(2)14(3)20-11-15/h5-12,21H,4H2,1-3H3/b17-12-. The number of carbonyl (C=O) groups excluding carboxylic acids is 2. The van der Waals surface area contributed by atoms with E-state index in [1.54, 1.807) is 13.0 Å². The molecule has 1 N–H and O–H groups in total. The van der Waals surface area contributed by atoms with Gasteiger partial charge in [0.15, 0.2) is 0 Å². The van der Waals surface area contributed by atoms with Crippen LogP contribution in [0, 0.1) is 13.8 Å². The predicted molar refractivity (Wildman–Crippen MR) is 92.8 cm³/mol. The number of aryl methyl sites for hydroxylation is 2. The Morgan fingerprint density at radius 1 is 1.21 bits per heavy atom. The molecule has 0 saturated heterocycles. The van der Waals surface area contributed by atoms with Gasteiger partial charge in [0, 0.05) is 29.3 Å². The van der Waals surface area contributed by atoms with Crippen LogP contribution in [0.4, 0.5) is 5.69 Å². The smallest absolute Gasteiger partial charge is 0.343 e. The van der Waals surface area contributed by atoms with Gasteiger partial charge in [-0.3, -0.25) is 9.78 Å². The molecule has 2 aromatic rings. The van der Waals surface area contributed by atoms with Gasteiger partial charge < -0.3 is 10.1 Å². The molecule has 1 aromatic heterocycles. The molecule has 0 aliphatic heterocycles. The maximum atomic E-state index is 12.7. The van der Waals surface area contributed by atoms with Gasteiger partial charge in [-0.15, -0.1) is 0 Å². The molecule has 1 aromatic carbocycles. The fraction of sp³-hybridized carbons (Fsp3) is 0.211. The zero-order chi connectivity index (χ0) is 17.5. The van der Waals surface area contributed by atoms with E-state index in [1.807, 2.05) is 44.2 Å². The Morgan fingerprint density at radius 2 is 1.92 bits per heavy atom. The van der Waals surface area contributed by atoms with Gasteiger partial charge in [-0.2, -0.15) is 0 Å². The van der Waals surface area contributed by atoms with Crippen LogP contribution in [0.25, 0.3) is 0 Å². The van der Waals surface area contributed by atoms with Gasteiger partial charge in [-0.1, -0.05) is 18.2 Å². The average Bonchev–Trinajstić information content (AvgIpc) is 2.58. The summed E-state index contributed by atoms with van der Waals surface area (Å²) in [7, 11) is 0.